The molecule has 1 N–H and O–H groups in total. The zero-order valence-electron chi connectivity index (χ0n) is 12.2. The number of aryl methyl sites for hydroxylation is 1. The van der Waals surface area contributed by atoms with E-state index in [2.05, 4.69) is 36.5 Å². The summed E-state index contributed by atoms with van der Waals surface area (Å²) < 4.78 is 5.56. The smallest absolute Gasteiger partial charge is 0.156 e. The first-order valence-corrected chi connectivity index (χ1v) is 7.77. The van der Waals surface area contributed by atoms with Gasteiger partial charge in [-0.05, 0) is 43.2 Å². The van der Waals surface area contributed by atoms with Crippen LogP contribution in [0.25, 0.3) is 0 Å². The van der Waals surface area contributed by atoms with E-state index in [1.165, 1.54) is 5.56 Å². The SMILES string of the molecule is CCCOc1c(Cl)cc(CNc2ccc(C)cc2)cc1Cl. The Morgan fingerprint density at radius 3 is 2.24 bits per heavy atom. The van der Waals surface area contributed by atoms with Gasteiger partial charge in [-0.15, -0.1) is 0 Å². The Morgan fingerprint density at radius 2 is 1.67 bits per heavy atom. The summed E-state index contributed by atoms with van der Waals surface area (Å²) >= 11 is 12.5. The van der Waals surface area contributed by atoms with E-state index in [0.717, 1.165) is 17.7 Å². The lowest BCUT2D eigenvalue weighted by molar-refractivity contribution is 0.318. The van der Waals surface area contributed by atoms with Crippen LogP contribution in [0, 0.1) is 6.92 Å². The van der Waals surface area contributed by atoms with E-state index >= 15 is 0 Å². The van der Waals surface area contributed by atoms with E-state index in [1.807, 2.05) is 19.1 Å². The highest BCUT2D eigenvalue weighted by Crippen LogP contribution is 2.34. The second-order valence-electron chi connectivity index (χ2n) is 4.96. The fourth-order valence-electron chi connectivity index (χ4n) is 1.93. The van der Waals surface area contributed by atoms with Crippen molar-refractivity contribution in [3.8, 4) is 5.75 Å². The van der Waals surface area contributed by atoms with Gasteiger partial charge in [-0.25, -0.2) is 0 Å². The van der Waals surface area contributed by atoms with E-state index in [9.17, 15) is 0 Å². The monoisotopic (exact) mass is 323 g/mol. The molecule has 0 spiro atoms. The predicted octanol–water partition coefficient (Wildman–Crippen LogP) is 5.70. The zero-order valence-corrected chi connectivity index (χ0v) is 13.8. The summed E-state index contributed by atoms with van der Waals surface area (Å²) in [5, 5.41) is 4.45. The quantitative estimate of drug-likeness (QED) is 0.735. The molecule has 112 valence electrons. The van der Waals surface area contributed by atoms with Crippen LogP contribution in [0.5, 0.6) is 5.75 Å². The molecule has 21 heavy (non-hydrogen) atoms. The standard InChI is InChI=1S/C17H19Cl2NO/c1-3-8-21-17-15(18)9-13(10-16(17)19)11-20-14-6-4-12(2)5-7-14/h4-7,9-10,20H,3,8,11H2,1-2H3. The number of rotatable bonds is 6. The van der Waals surface area contributed by atoms with Gasteiger partial charge in [0.05, 0.1) is 16.7 Å². The van der Waals surface area contributed by atoms with Gasteiger partial charge >= 0.3 is 0 Å². The van der Waals surface area contributed by atoms with E-state index in [1.54, 1.807) is 0 Å². The number of benzene rings is 2. The Balaban J connectivity index is 2.05. The Labute approximate surface area is 136 Å². The molecular formula is C17H19Cl2NO. The van der Waals surface area contributed by atoms with Gasteiger partial charge in [0.15, 0.2) is 5.75 Å². The van der Waals surface area contributed by atoms with Crippen molar-refractivity contribution in [1.82, 2.24) is 0 Å². The average Bonchev–Trinajstić information content (AvgIpc) is 2.46. The van der Waals surface area contributed by atoms with Crippen molar-refractivity contribution in [1.29, 1.82) is 0 Å². The molecule has 0 heterocycles. The number of ether oxygens (including phenoxy) is 1. The Hall–Kier alpha value is -1.38. The number of halogens is 2. The Kier molecular flexibility index (Phi) is 5.77. The van der Waals surface area contributed by atoms with Crippen LogP contribution in [0.3, 0.4) is 0 Å². The molecule has 0 amide bonds. The summed E-state index contributed by atoms with van der Waals surface area (Å²) in [4.78, 5) is 0. The third-order valence-electron chi connectivity index (χ3n) is 3.06. The molecule has 0 aliphatic rings. The number of anilines is 1. The summed E-state index contributed by atoms with van der Waals surface area (Å²) in [6, 6.07) is 12.0. The highest BCUT2D eigenvalue weighted by atomic mass is 35.5. The maximum Gasteiger partial charge on any atom is 0.156 e. The maximum absolute atomic E-state index is 6.24. The number of hydrogen-bond acceptors (Lipinski definition) is 2. The van der Waals surface area contributed by atoms with Crippen LogP contribution in [0.4, 0.5) is 5.69 Å². The summed E-state index contributed by atoms with van der Waals surface area (Å²) in [7, 11) is 0. The molecule has 0 saturated heterocycles. The molecule has 0 bridgehead atoms. The molecular weight excluding hydrogens is 305 g/mol. The second kappa shape index (κ2) is 7.58. The molecule has 2 aromatic carbocycles. The molecule has 0 aliphatic carbocycles. The zero-order chi connectivity index (χ0) is 15.2. The van der Waals surface area contributed by atoms with Crippen molar-refractivity contribution in [3.05, 3.63) is 57.6 Å². The lowest BCUT2D eigenvalue weighted by Crippen LogP contribution is -2.01. The average molecular weight is 324 g/mol. The molecule has 0 aromatic heterocycles. The summed E-state index contributed by atoms with van der Waals surface area (Å²) in [6.07, 6.45) is 0.920. The van der Waals surface area contributed by atoms with Crippen molar-refractivity contribution in [2.24, 2.45) is 0 Å². The van der Waals surface area contributed by atoms with E-state index in [-0.39, 0.29) is 0 Å². The van der Waals surface area contributed by atoms with Gasteiger partial charge in [-0.3, -0.25) is 0 Å². The van der Waals surface area contributed by atoms with Gasteiger partial charge in [-0.1, -0.05) is 47.8 Å². The summed E-state index contributed by atoms with van der Waals surface area (Å²) in [6.45, 7) is 5.39. The van der Waals surface area contributed by atoms with Gasteiger partial charge in [0.2, 0.25) is 0 Å². The fraction of sp³-hybridized carbons (Fsp3) is 0.294. The first-order valence-electron chi connectivity index (χ1n) is 7.01. The molecule has 2 nitrogen and oxygen atoms in total. The minimum absolute atomic E-state index is 0.552. The van der Waals surface area contributed by atoms with Crippen molar-refractivity contribution in [2.45, 2.75) is 26.8 Å². The lowest BCUT2D eigenvalue weighted by Gasteiger charge is -2.12. The van der Waals surface area contributed by atoms with Crippen molar-refractivity contribution in [2.75, 3.05) is 11.9 Å². The van der Waals surface area contributed by atoms with Crippen molar-refractivity contribution in [3.63, 3.8) is 0 Å². The Bertz CT molecular complexity index is 573. The van der Waals surface area contributed by atoms with Gasteiger partial charge in [-0.2, -0.15) is 0 Å². The molecule has 0 radical (unpaired) electrons. The van der Waals surface area contributed by atoms with Crippen LogP contribution < -0.4 is 10.1 Å². The third kappa shape index (κ3) is 4.55. The van der Waals surface area contributed by atoms with Crippen LogP contribution in [0.1, 0.15) is 24.5 Å². The van der Waals surface area contributed by atoms with Gasteiger partial charge < -0.3 is 10.1 Å². The van der Waals surface area contributed by atoms with E-state index in [0.29, 0.717) is 28.9 Å². The lowest BCUT2D eigenvalue weighted by atomic mass is 10.2. The summed E-state index contributed by atoms with van der Waals surface area (Å²) in [5.41, 5.74) is 3.33. The molecule has 0 aliphatic heterocycles. The summed E-state index contributed by atoms with van der Waals surface area (Å²) in [5.74, 6) is 0.569. The van der Waals surface area contributed by atoms with Crippen molar-refractivity contribution >= 4 is 28.9 Å². The van der Waals surface area contributed by atoms with Crippen LogP contribution in [-0.2, 0) is 6.54 Å². The highest BCUT2D eigenvalue weighted by Gasteiger charge is 2.09. The minimum Gasteiger partial charge on any atom is -0.490 e. The highest BCUT2D eigenvalue weighted by molar-refractivity contribution is 6.37. The van der Waals surface area contributed by atoms with Crippen molar-refractivity contribution < 1.29 is 4.74 Å². The minimum atomic E-state index is 0.552. The molecule has 0 saturated carbocycles. The first kappa shape index (κ1) is 16.0. The molecule has 0 unspecified atom stereocenters. The topological polar surface area (TPSA) is 21.3 Å². The van der Waals surface area contributed by atoms with Crippen LogP contribution in [-0.4, -0.2) is 6.61 Å². The second-order valence-corrected chi connectivity index (χ2v) is 5.77. The fourth-order valence-corrected chi connectivity index (χ4v) is 2.57. The first-order chi connectivity index (χ1) is 10.1. The van der Waals surface area contributed by atoms with E-state index < -0.39 is 0 Å². The number of hydrogen-bond donors (Lipinski definition) is 1. The largest absolute Gasteiger partial charge is 0.490 e. The van der Waals surface area contributed by atoms with Gasteiger partial charge in [0.25, 0.3) is 0 Å². The maximum atomic E-state index is 6.24. The Morgan fingerprint density at radius 1 is 1.05 bits per heavy atom. The molecule has 0 atom stereocenters. The van der Waals surface area contributed by atoms with Gasteiger partial charge in [0, 0.05) is 12.2 Å². The van der Waals surface area contributed by atoms with Crippen LogP contribution in [0.2, 0.25) is 10.0 Å². The van der Waals surface area contributed by atoms with Crippen LogP contribution in [0.15, 0.2) is 36.4 Å². The van der Waals surface area contributed by atoms with Gasteiger partial charge in [0.1, 0.15) is 0 Å². The molecule has 0 fully saturated rings. The third-order valence-corrected chi connectivity index (χ3v) is 3.62. The van der Waals surface area contributed by atoms with E-state index in [4.69, 9.17) is 27.9 Å². The molecule has 4 heteroatoms. The normalized spacial score (nSPS) is 10.5. The molecule has 2 aromatic rings. The van der Waals surface area contributed by atoms with Crippen LogP contribution >= 0.6 is 23.2 Å². The predicted molar refractivity (Wildman–Crippen MR) is 90.8 cm³/mol. The number of nitrogens with one attached hydrogen (secondary N) is 1. The molecule has 2 rings (SSSR count).